The summed E-state index contributed by atoms with van der Waals surface area (Å²) in [5.41, 5.74) is 0. The highest BCUT2D eigenvalue weighted by molar-refractivity contribution is 5.97. The van der Waals surface area contributed by atoms with Crippen LogP contribution >= 0.6 is 0 Å². The van der Waals surface area contributed by atoms with Crippen molar-refractivity contribution in [2.24, 2.45) is 23.7 Å². The first-order valence-corrected chi connectivity index (χ1v) is 24.6. The minimum absolute atomic E-state index is 0.00754. The first-order chi connectivity index (χ1) is 30.3. The van der Waals surface area contributed by atoms with Crippen LogP contribution in [0.2, 0.25) is 0 Å². The van der Waals surface area contributed by atoms with Gasteiger partial charge in [0.25, 0.3) is 5.91 Å². The Morgan fingerprint density at radius 3 is 1.64 bits per heavy atom. The normalized spacial score (nSPS) is 26.7. The van der Waals surface area contributed by atoms with Gasteiger partial charge in [-0.05, 0) is 62.7 Å². The van der Waals surface area contributed by atoms with Gasteiger partial charge in [-0.2, -0.15) is 5.26 Å². The van der Waals surface area contributed by atoms with Gasteiger partial charge in [0.05, 0.1) is 6.07 Å². The van der Waals surface area contributed by atoms with Crippen LogP contribution in [0.25, 0.3) is 0 Å². The predicted octanol–water partition coefficient (Wildman–Crippen LogP) is 6.42. The first-order valence-electron chi connectivity index (χ1n) is 24.6. The fourth-order valence-electron chi connectivity index (χ4n) is 9.07. The van der Waals surface area contributed by atoms with Gasteiger partial charge in [-0.25, -0.2) is 4.79 Å². The van der Waals surface area contributed by atoms with Gasteiger partial charge in [-0.1, -0.05) is 126 Å². The number of carbonyl (C=O) groups is 7. The number of carbonyl (C=O) groups excluding carboxylic acids is 7. The van der Waals surface area contributed by atoms with E-state index in [9.17, 15) is 38.8 Å². The van der Waals surface area contributed by atoms with Crippen LogP contribution in [0.4, 0.5) is 0 Å². The van der Waals surface area contributed by atoms with E-state index < -0.39 is 83.8 Å². The van der Waals surface area contributed by atoms with Crippen LogP contribution in [-0.2, 0) is 38.3 Å². The van der Waals surface area contributed by atoms with Gasteiger partial charge in [0.1, 0.15) is 36.3 Å². The summed E-state index contributed by atoms with van der Waals surface area (Å²) in [6.07, 6.45) is 10.5. The number of cyclic esters (lactones) is 1. The molecule has 1 saturated carbocycles. The Balaban J connectivity index is 2.84. The molecule has 364 valence electrons. The molecule has 0 spiro atoms. The molecule has 0 bridgehead atoms. The average Bonchev–Trinajstić information content (AvgIpc) is 3.27. The Bertz CT molecular complexity index is 1560. The van der Waals surface area contributed by atoms with E-state index in [4.69, 9.17) is 4.74 Å². The summed E-state index contributed by atoms with van der Waals surface area (Å²) < 4.78 is 5.80. The van der Waals surface area contributed by atoms with Crippen LogP contribution in [0.15, 0.2) is 0 Å². The molecule has 3 N–H and O–H groups in total. The molecule has 0 aromatic carbocycles. The quantitative estimate of drug-likeness (QED) is 0.130. The standard InChI is InChI=1S/C49H85N7O8/c1-12-15-22-33(6)29-38-47(61)54(9)35(8)49(63)64-42(26-20-27-50)45(59)53-39(30-34(7)23-16-13-2)48(62)55(10)40(28-32(4)5)43(57)51-37(21-14-3)46(60)56(11)41(44(58)52-38)31-36-24-18-17-19-25-36/h32-42H,12-26,28-31H2,1-11H3,(H,51,57)(H,52,58)(H,53,59). The molecule has 0 aromatic rings. The Hall–Kier alpha value is -4.22. The van der Waals surface area contributed by atoms with Gasteiger partial charge in [0.2, 0.25) is 29.5 Å². The van der Waals surface area contributed by atoms with Gasteiger partial charge in [-0.15, -0.1) is 0 Å². The molecule has 15 heteroatoms. The first kappa shape index (κ1) is 55.9. The maximum atomic E-state index is 14.7. The van der Waals surface area contributed by atoms with E-state index in [2.05, 4.69) is 29.8 Å². The zero-order chi connectivity index (χ0) is 48.1. The van der Waals surface area contributed by atoms with Crippen molar-refractivity contribution in [1.29, 1.82) is 5.26 Å². The van der Waals surface area contributed by atoms with Crippen molar-refractivity contribution in [3.05, 3.63) is 0 Å². The number of unbranched alkanes of at least 4 members (excludes halogenated alkanes) is 2. The minimum Gasteiger partial charge on any atom is -0.451 e. The summed E-state index contributed by atoms with van der Waals surface area (Å²) in [4.78, 5) is 105. The summed E-state index contributed by atoms with van der Waals surface area (Å²) in [5.74, 6) is -4.04. The molecule has 15 nitrogen and oxygen atoms in total. The predicted molar refractivity (Wildman–Crippen MR) is 248 cm³/mol. The van der Waals surface area contributed by atoms with Crippen molar-refractivity contribution in [3.8, 4) is 6.07 Å². The summed E-state index contributed by atoms with van der Waals surface area (Å²) in [6, 6.07) is -4.35. The summed E-state index contributed by atoms with van der Waals surface area (Å²) >= 11 is 0. The van der Waals surface area contributed by atoms with Crippen LogP contribution < -0.4 is 16.0 Å². The number of nitrogens with zero attached hydrogens (tertiary/aromatic N) is 4. The molecule has 1 heterocycles. The molecule has 2 rings (SSSR count). The molecule has 64 heavy (non-hydrogen) atoms. The van der Waals surface area contributed by atoms with E-state index in [1.807, 2.05) is 40.7 Å². The van der Waals surface area contributed by atoms with Gasteiger partial charge >= 0.3 is 5.97 Å². The molecule has 9 unspecified atom stereocenters. The number of ether oxygens (including phenoxy) is 1. The molecule has 9 atom stereocenters. The zero-order valence-corrected chi connectivity index (χ0v) is 41.3. The third-order valence-corrected chi connectivity index (χ3v) is 13.3. The fourth-order valence-corrected chi connectivity index (χ4v) is 9.07. The lowest BCUT2D eigenvalue weighted by molar-refractivity contribution is -0.163. The SMILES string of the molecule is CCCCC(C)CC1NC(=O)C(CC2CCCCC2)N(C)C(=O)C(CCC)NC(=O)C(CC(C)C)N(C)C(=O)C(CC(C)CCCC)NC(=O)C(CCC#N)OC(=O)C(C)N(C)C1=O. The van der Waals surface area contributed by atoms with Crippen molar-refractivity contribution in [1.82, 2.24) is 30.7 Å². The Morgan fingerprint density at radius 1 is 0.641 bits per heavy atom. The van der Waals surface area contributed by atoms with E-state index in [-0.39, 0.29) is 62.2 Å². The average molecular weight is 900 g/mol. The number of esters is 1. The molecule has 2 fully saturated rings. The van der Waals surface area contributed by atoms with E-state index in [0.717, 1.165) is 70.6 Å². The molecule has 6 amide bonds. The van der Waals surface area contributed by atoms with Crippen molar-refractivity contribution in [3.63, 3.8) is 0 Å². The topological polar surface area (TPSA) is 198 Å². The second-order valence-corrected chi connectivity index (χ2v) is 19.5. The monoisotopic (exact) mass is 900 g/mol. The molecule has 1 saturated heterocycles. The lowest BCUT2D eigenvalue weighted by Crippen LogP contribution is -2.60. The van der Waals surface area contributed by atoms with Gasteiger partial charge in [0.15, 0.2) is 6.10 Å². The van der Waals surface area contributed by atoms with Crippen LogP contribution in [-0.4, -0.2) is 120 Å². The summed E-state index contributed by atoms with van der Waals surface area (Å²) in [5, 5.41) is 18.4. The van der Waals surface area contributed by atoms with Gasteiger partial charge < -0.3 is 35.4 Å². The smallest absolute Gasteiger partial charge is 0.329 e. The third kappa shape index (κ3) is 17.6. The van der Waals surface area contributed by atoms with Crippen LogP contribution in [0.3, 0.4) is 0 Å². The molecular weight excluding hydrogens is 815 g/mol. The second-order valence-electron chi connectivity index (χ2n) is 19.5. The number of rotatable bonds is 18. The number of likely N-dealkylation sites (N-methyl/N-ethyl adjacent to an activating group) is 3. The molecule has 1 aliphatic carbocycles. The highest BCUT2D eigenvalue weighted by Gasteiger charge is 2.41. The highest BCUT2D eigenvalue weighted by Crippen LogP contribution is 2.29. The maximum absolute atomic E-state index is 14.7. The van der Waals surface area contributed by atoms with E-state index in [1.165, 1.54) is 35.7 Å². The molecule has 2 aliphatic rings. The van der Waals surface area contributed by atoms with Gasteiger partial charge in [-0.3, -0.25) is 28.8 Å². The van der Waals surface area contributed by atoms with Crippen molar-refractivity contribution >= 4 is 41.4 Å². The number of nitrogens with one attached hydrogen (secondary N) is 3. The lowest BCUT2D eigenvalue weighted by Gasteiger charge is -2.36. The number of amides is 6. The molecular formula is C49H85N7O8. The Morgan fingerprint density at radius 2 is 1.12 bits per heavy atom. The lowest BCUT2D eigenvalue weighted by atomic mass is 9.84. The Kier molecular flexibility index (Phi) is 25.0. The zero-order valence-electron chi connectivity index (χ0n) is 41.3. The fraction of sp³-hybridized carbons (Fsp3) is 0.837. The van der Waals surface area contributed by atoms with Crippen LogP contribution in [0.5, 0.6) is 0 Å². The molecule has 0 radical (unpaired) electrons. The molecule has 0 aromatic heterocycles. The Labute approximate surface area is 385 Å². The number of nitriles is 1. The van der Waals surface area contributed by atoms with E-state index in [1.54, 1.807) is 7.05 Å². The maximum Gasteiger partial charge on any atom is 0.329 e. The van der Waals surface area contributed by atoms with E-state index >= 15 is 0 Å². The number of hydrogen-bond donors (Lipinski definition) is 3. The van der Waals surface area contributed by atoms with Crippen LogP contribution in [0.1, 0.15) is 177 Å². The molecule has 1 aliphatic heterocycles. The van der Waals surface area contributed by atoms with Gasteiger partial charge in [0, 0.05) is 34.0 Å². The minimum atomic E-state index is -1.46. The van der Waals surface area contributed by atoms with Crippen molar-refractivity contribution in [2.75, 3.05) is 21.1 Å². The third-order valence-electron chi connectivity index (χ3n) is 13.3. The summed E-state index contributed by atoms with van der Waals surface area (Å²) in [6.45, 7) is 15.4. The van der Waals surface area contributed by atoms with Crippen molar-refractivity contribution in [2.45, 2.75) is 220 Å². The highest BCUT2D eigenvalue weighted by atomic mass is 16.5. The summed E-state index contributed by atoms with van der Waals surface area (Å²) in [7, 11) is 4.56. The van der Waals surface area contributed by atoms with Crippen molar-refractivity contribution < 1.29 is 38.3 Å². The second kappa shape index (κ2) is 28.6. The van der Waals surface area contributed by atoms with E-state index in [0.29, 0.717) is 12.8 Å². The number of hydrogen-bond acceptors (Lipinski definition) is 9. The largest absolute Gasteiger partial charge is 0.451 e. The van der Waals surface area contributed by atoms with Crippen LogP contribution in [0, 0.1) is 35.0 Å².